The molecule has 2 aliphatic heterocycles. The Morgan fingerprint density at radius 2 is 1.62 bits per heavy atom. The number of anilines is 2. The van der Waals surface area contributed by atoms with Crippen molar-refractivity contribution in [3.8, 4) is 0 Å². The maximum Gasteiger partial charge on any atom is 0.251 e. The molecule has 2 bridgehead atoms. The summed E-state index contributed by atoms with van der Waals surface area (Å²) in [4.78, 5) is 44.8. The molecule has 0 spiro atoms. The lowest BCUT2D eigenvalue weighted by Gasteiger charge is -2.40. The van der Waals surface area contributed by atoms with Gasteiger partial charge < -0.3 is 26.4 Å². The summed E-state index contributed by atoms with van der Waals surface area (Å²) in [6.45, 7) is 1.85. The highest BCUT2D eigenvalue weighted by Gasteiger charge is 2.42. The molecule has 2 aliphatic carbocycles. The number of rotatable bonds is 8. The molecule has 2 aromatic rings. The first-order valence-corrected chi connectivity index (χ1v) is 14.7. The molecule has 3 atom stereocenters. The second kappa shape index (κ2) is 10.5. The monoisotopic (exact) mass is 545 g/mol. The van der Waals surface area contributed by atoms with Gasteiger partial charge in [-0.15, -0.1) is 0 Å². The lowest BCUT2D eigenvalue weighted by atomic mass is 9.83. The summed E-state index contributed by atoms with van der Waals surface area (Å²) >= 11 is 0. The van der Waals surface area contributed by atoms with Crippen LogP contribution in [0.5, 0.6) is 0 Å². The van der Waals surface area contributed by atoms with E-state index in [1.54, 1.807) is 24.4 Å². The predicted molar refractivity (Wildman–Crippen MR) is 153 cm³/mol. The van der Waals surface area contributed by atoms with E-state index in [1.165, 1.54) is 0 Å². The lowest BCUT2D eigenvalue weighted by Crippen LogP contribution is -2.50. The van der Waals surface area contributed by atoms with Gasteiger partial charge in [0.05, 0.1) is 11.2 Å². The molecule has 4 fully saturated rings. The van der Waals surface area contributed by atoms with Crippen LogP contribution in [0.15, 0.2) is 36.5 Å². The largest absolute Gasteiger partial charge is 0.390 e. The van der Waals surface area contributed by atoms with Crippen molar-refractivity contribution in [2.24, 2.45) is 11.7 Å². The SMILES string of the molecule is CC1(O)CCC(Nc2cc(C(=O)NC3C[C@H]4CC[C@@H](C3)N4c3ccc(C(=O)C4CC4)cn3)ccc2C(N)=O)CC1. The molecule has 2 saturated heterocycles. The maximum atomic E-state index is 13.3. The molecular formula is C31H39N5O4. The first-order valence-electron chi connectivity index (χ1n) is 14.7. The second-order valence-electron chi connectivity index (χ2n) is 12.5. The fourth-order valence-corrected chi connectivity index (χ4v) is 6.83. The molecule has 1 unspecified atom stereocenters. The van der Waals surface area contributed by atoms with E-state index in [1.807, 2.05) is 19.1 Å². The highest BCUT2D eigenvalue weighted by atomic mass is 16.3. The molecule has 6 rings (SSSR count). The van der Waals surface area contributed by atoms with Crippen molar-refractivity contribution in [2.45, 2.75) is 101 Å². The number of nitrogens with two attached hydrogens (primary N) is 1. The van der Waals surface area contributed by atoms with Gasteiger partial charge in [0.25, 0.3) is 11.8 Å². The third-order valence-electron chi connectivity index (χ3n) is 9.28. The number of fused-ring (bicyclic) bond motifs is 2. The standard InChI is InChI=1S/C31H39N5O4/c1-31(40)12-10-21(11-13-31)34-26-14-19(4-8-25(26)29(32)38)30(39)35-22-15-23-6-7-24(16-22)36(23)27-9-5-20(17-33-27)28(37)18-2-3-18/h4-5,8-9,14,17-18,21-24,34,40H,2-3,6-7,10-13,15-16H2,1H3,(H2,32,38)(H,35,39)/t21?,22?,23-,24+,31?. The van der Waals surface area contributed by atoms with Crippen molar-refractivity contribution < 1.29 is 19.5 Å². The van der Waals surface area contributed by atoms with Gasteiger partial charge in [-0.3, -0.25) is 14.4 Å². The van der Waals surface area contributed by atoms with Crippen LogP contribution in [0, 0.1) is 5.92 Å². The highest BCUT2D eigenvalue weighted by Crippen LogP contribution is 2.39. The van der Waals surface area contributed by atoms with Gasteiger partial charge in [0, 0.05) is 53.1 Å². The topological polar surface area (TPSA) is 138 Å². The van der Waals surface area contributed by atoms with E-state index in [0.717, 1.165) is 57.2 Å². The van der Waals surface area contributed by atoms with Gasteiger partial charge in [0.1, 0.15) is 5.82 Å². The zero-order valence-electron chi connectivity index (χ0n) is 23.1. The number of pyridine rings is 1. The molecule has 5 N–H and O–H groups in total. The van der Waals surface area contributed by atoms with Gasteiger partial charge in [-0.1, -0.05) is 0 Å². The number of aromatic nitrogens is 1. The van der Waals surface area contributed by atoms with Crippen LogP contribution in [0.3, 0.4) is 0 Å². The number of nitrogens with zero attached hydrogens (tertiary/aromatic N) is 2. The van der Waals surface area contributed by atoms with Crippen molar-refractivity contribution in [1.82, 2.24) is 10.3 Å². The average molecular weight is 546 g/mol. The Labute approximate surface area is 234 Å². The normalized spacial score (nSPS) is 29.6. The number of primary amides is 1. The van der Waals surface area contributed by atoms with Crippen LogP contribution in [-0.4, -0.2) is 57.5 Å². The molecule has 4 aliphatic rings. The molecule has 9 heteroatoms. The Hall–Kier alpha value is -3.46. The number of amides is 2. The Balaban J connectivity index is 1.10. The van der Waals surface area contributed by atoms with Crippen LogP contribution in [-0.2, 0) is 0 Å². The van der Waals surface area contributed by atoms with E-state index in [0.29, 0.717) is 47.3 Å². The zero-order chi connectivity index (χ0) is 28.0. The van der Waals surface area contributed by atoms with E-state index in [2.05, 4.69) is 20.5 Å². The van der Waals surface area contributed by atoms with Gasteiger partial charge >= 0.3 is 0 Å². The van der Waals surface area contributed by atoms with Crippen molar-refractivity contribution in [2.75, 3.05) is 10.2 Å². The molecule has 3 heterocycles. The minimum Gasteiger partial charge on any atom is -0.390 e. The minimum atomic E-state index is -0.657. The maximum absolute atomic E-state index is 13.3. The second-order valence-corrected chi connectivity index (χ2v) is 12.5. The predicted octanol–water partition coefficient (Wildman–Crippen LogP) is 3.81. The van der Waals surface area contributed by atoms with Gasteiger partial charge in [-0.05, 0) is 101 Å². The van der Waals surface area contributed by atoms with Gasteiger partial charge in [-0.25, -0.2) is 4.98 Å². The molecule has 0 radical (unpaired) electrons. The number of benzene rings is 1. The molecular weight excluding hydrogens is 506 g/mol. The quantitative estimate of drug-likeness (QED) is 0.370. The molecule has 1 aromatic heterocycles. The van der Waals surface area contributed by atoms with Crippen LogP contribution < -0.4 is 21.3 Å². The smallest absolute Gasteiger partial charge is 0.251 e. The molecule has 2 amide bonds. The van der Waals surface area contributed by atoms with Gasteiger partial charge in [0.2, 0.25) is 0 Å². The molecule has 40 heavy (non-hydrogen) atoms. The Kier molecular flexibility index (Phi) is 7.02. The van der Waals surface area contributed by atoms with Crippen molar-refractivity contribution in [3.05, 3.63) is 53.2 Å². The van der Waals surface area contributed by atoms with E-state index in [4.69, 9.17) is 5.73 Å². The number of carbonyl (C=O) groups excluding carboxylic acids is 3. The number of piperidine rings is 1. The summed E-state index contributed by atoms with van der Waals surface area (Å²) in [6.07, 6.45) is 10.4. The highest BCUT2D eigenvalue weighted by molar-refractivity contribution is 6.02. The lowest BCUT2D eigenvalue weighted by molar-refractivity contribution is 0.0196. The van der Waals surface area contributed by atoms with Crippen LogP contribution in [0.4, 0.5) is 11.5 Å². The number of nitrogens with one attached hydrogen (secondary N) is 2. The fourth-order valence-electron chi connectivity index (χ4n) is 6.83. The van der Waals surface area contributed by atoms with Crippen LogP contribution >= 0.6 is 0 Å². The van der Waals surface area contributed by atoms with Crippen LogP contribution in [0.1, 0.15) is 102 Å². The number of hydrogen-bond acceptors (Lipinski definition) is 7. The van der Waals surface area contributed by atoms with Crippen LogP contribution in [0.2, 0.25) is 0 Å². The molecule has 212 valence electrons. The number of Topliss-reactive ketones (excluding diaryl/α,β-unsaturated/α-hetero) is 1. The summed E-state index contributed by atoms with van der Waals surface area (Å²) in [6, 6.07) is 9.61. The number of carbonyl (C=O) groups is 3. The van der Waals surface area contributed by atoms with Crippen LogP contribution in [0.25, 0.3) is 0 Å². The summed E-state index contributed by atoms with van der Waals surface area (Å²) in [7, 11) is 0. The van der Waals surface area contributed by atoms with Crippen molar-refractivity contribution in [1.29, 1.82) is 0 Å². The Bertz CT molecular complexity index is 1280. The number of aliphatic hydroxyl groups is 1. The summed E-state index contributed by atoms with van der Waals surface area (Å²) in [5.41, 5.74) is 7.09. The Morgan fingerprint density at radius 3 is 2.23 bits per heavy atom. The minimum absolute atomic E-state index is 0.0461. The summed E-state index contributed by atoms with van der Waals surface area (Å²) in [5.74, 6) is 0.598. The fraction of sp³-hybridized carbons (Fsp3) is 0.548. The van der Waals surface area contributed by atoms with E-state index in [9.17, 15) is 19.5 Å². The zero-order valence-corrected chi connectivity index (χ0v) is 23.1. The summed E-state index contributed by atoms with van der Waals surface area (Å²) < 4.78 is 0. The third kappa shape index (κ3) is 5.57. The number of ketones is 1. The molecule has 2 saturated carbocycles. The average Bonchev–Trinajstić information content (AvgIpc) is 3.74. The number of hydrogen-bond donors (Lipinski definition) is 4. The molecule has 1 aromatic carbocycles. The summed E-state index contributed by atoms with van der Waals surface area (Å²) in [5, 5.41) is 16.9. The van der Waals surface area contributed by atoms with E-state index in [-0.39, 0.29) is 29.7 Å². The first kappa shape index (κ1) is 26.7. The molecule has 9 nitrogen and oxygen atoms in total. The first-order chi connectivity index (χ1) is 19.2. The van der Waals surface area contributed by atoms with Crippen molar-refractivity contribution >= 4 is 29.1 Å². The van der Waals surface area contributed by atoms with Crippen molar-refractivity contribution in [3.63, 3.8) is 0 Å². The van der Waals surface area contributed by atoms with Gasteiger partial charge in [0.15, 0.2) is 5.78 Å². The van der Waals surface area contributed by atoms with E-state index >= 15 is 0 Å². The Morgan fingerprint density at radius 1 is 0.950 bits per heavy atom. The third-order valence-corrected chi connectivity index (χ3v) is 9.28. The van der Waals surface area contributed by atoms with Gasteiger partial charge in [-0.2, -0.15) is 0 Å². The van der Waals surface area contributed by atoms with E-state index < -0.39 is 11.5 Å².